The van der Waals surface area contributed by atoms with Crippen molar-refractivity contribution in [3.05, 3.63) is 59.1 Å². The van der Waals surface area contributed by atoms with Crippen molar-refractivity contribution in [2.24, 2.45) is 0 Å². The fourth-order valence-electron chi connectivity index (χ4n) is 2.76. The topological polar surface area (TPSA) is 75.7 Å². The Hall–Kier alpha value is -1.90. The van der Waals surface area contributed by atoms with E-state index in [1.807, 2.05) is 18.2 Å². The van der Waals surface area contributed by atoms with Gasteiger partial charge in [-0.05, 0) is 30.7 Å². The summed E-state index contributed by atoms with van der Waals surface area (Å²) in [5.41, 5.74) is 1.52. The zero-order chi connectivity index (χ0) is 21.4. The van der Waals surface area contributed by atoms with E-state index in [4.69, 9.17) is 16.3 Å². The van der Waals surface area contributed by atoms with Gasteiger partial charge in [0.05, 0.1) is 24.1 Å². The Bertz CT molecular complexity index is 923. The standard InChI is InChI=1S/C20H25ClN2O4S2/c1-15(20(24)22-11-12-28-14-16-7-5-4-6-8-16)23(29(3,25)26)17-9-10-19(27-2)18(21)13-17/h4-10,13,15H,11-12,14H2,1-3H3,(H,22,24)/t15-/m0/s1. The molecule has 0 heterocycles. The van der Waals surface area contributed by atoms with Gasteiger partial charge in [-0.1, -0.05) is 41.9 Å². The zero-order valence-electron chi connectivity index (χ0n) is 16.6. The molecule has 0 aliphatic heterocycles. The summed E-state index contributed by atoms with van der Waals surface area (Å²) in [6.45, 7) is 1.99. The van der Waals surface area contributed by atoms with Gasteiger partial charge in [-0.15, -0.1) is 0 Å². The molecule has 1 amide bonds. The maximum absolute atomic E-state index is 12.6. The van der Waals surface area contributed by atoms with Crippen molar-refractivity contribution in [2.75, 3.05) is 30.0 Å². The lowest BCUT2D eigenvalue weighted by atomic mass is 10.2. The number of thioether (sulfide) groups is 1. The third-order valence-corrected chi connectivity index (χ3v) is 6.70. The van der Waals surface area contributed by atoms with Crippen LogP contribution in [0.2, 0.25) is 5.02 Å². The molecule has 0 aromatic heterocycles. The normalized spacial score (nSPS) is 12.3. The number of benzene rings is 2. The first-order chi connectivity index (χ1) is 13.7. The van der Waals surface area contributed by atoms with Gasteiger partial charge in [-0.2, -0.15) is 11.8 Å². The van der Waals surface area contributed by atoms with Crippen molar-refractivity contribution in [1.29, 1.82) is 0 Å². The predicted octanol–water partition coefficient (Wildman–Crippen LogP) is 3.55. The Morgan fingerprint density at radius 3 is 2.52 bits per heavy atom. The average Bonchev–Trinajstić information content (AvgIpc) is 2.67. The van der Waals surface area contributed by atoms with Crippen LogP contribution in [0.4, 0.5) is 5.69 Å². The third kappa shape index (κ3) is 6.83. The highest BCUT2D eigenvalue weighted by Crippen LogP contribution is 2.31. The second-order valence-corrected chi connectivity index (χ2v) is 9.75. The van der Waals surface area contributed by atoms with Crippen LogP contribution in [0.25, 0.3) is 0 Å². The lowest BCUT2D eigenvalue weighted by Gasteiger charge is -2.28. The number of anilines is 1. The van der Waals surface area contributed by atoms with Crippen LogP contribution in [0, 0.1) is 0 Å². The number of ether oxygens (including phenoxy) is 1. The van der Waals surface area contributed by atoms with E-state index in [0.717, 1.165) is 22.1 Å². The average molecular weight is 457 g/mol. The van der Waals surface area contributed by atoms with E-state index in [0.29, 0.717) is 18.0 Å². The molecule has 6 nitrogen and oxygen atoms in total. The fraction of sp³-hybridized carbons (Fsp3) is 0.350. The molecule has 0 saturated carbocycles. The number of rotatable bonds is 10. The van der Waals surface area contributed by atoms with E-state index >= 15 is 0 Å². The SMILES string of the molecule is COc1ccc(N([C@@H](C)C(=O)NCCSCc2ccccc2)S(C)(=O)=O)cc1Cl. The van der Waals surface area contributed by atoms with Crippen LogP contribution >= 0.6 is 23.4 Å². The third-order valence-electron chi connectivity index (χ3n) is 4.14. The van der Waals surface area contributed by atoms with Gasteiger partial charge in [0.25, 0.3) is 0 Å². The van der Waals surface area contributed by atoms with Crippen LogP contribution in [0.15, 0.2) is 48.5 Å². The lowest BCUT2D eigenvalue weighted by Crippen LogP contribution is -2.48. The molecular formula is C20H25ClN2O4S2. The Morgan fingerprint density at radius 1 is 1.24 bits per heavy atom. The molecule has 0 radical (unpaired) electrons. The molecule has 0 saturated heterocycles. The molecular weight excluding hydrogens is 432 g/mol. The van der Waals surface area contributed by atoms with E-state index in [-0.39, 0.29) is 10.9 Å². The fourth-order valence-corrected chi connectivity index (χ4v) is 5.00. The molecule has 2 rings (SSSR count). The summed E-state index contributed by atoms with van der Waals surface area (Å²) in [4.78, 5) is 12.6. The minimum Gasteiger partial charge on any atom is -0.495 e. The van der Waals surface area contributed by atoms with Gasteiger partial charge in [0.15, 0.2) is 0 Å². The molecule has 9 heteroatoms. The van der Waals surface area contributed by atoms with Crippen molar-refractivity contribution >= 4 is 45.0 Å². The quantitative estimate of drug-likeness (QED) is 0.553. The first kappa shape index (κ1) is 23.4. The first-order valence-corrected chi connectivity index (χ1v) is 12.3. The van der Waals surface area contributed by atoms with Crippen LogP contribution in [0.5, 0.6) is 5.75 Å². The predicted molar refractivity (Wildman–Crippen MR) is 120 cm³/mol. The summed E-state index contributed by atoms with van der Waals surface area (Å²) in [6.07, 6.45) is 1.06. The van der Waals surface area contributed by atoms with E-state index in [1.165, 1.54) is 18.7 Å². The van der Waals surface area contributed by atoms with Gasteiger partial charge in [-0.3, -0.25) is 9.10 Å². The first-order valence-electron chi connectivity index (χ1n) is 8.96. The number of methoxy groups -OCH3 is 1. The summed E-state index contributed by atoms with van der Waals surface area (Å²) in [5.74, 6) is 1.63. The summed E-state index contributed by atoms with van der Waals surface area (Å²) in [6, 6.07) is 13.7. The number of nitrogens with one attached hydrogen (secondary N) is 1. The number of hydrogen-bond donors (Lipinski definition) is 1. The molecule has 2 aromatic rings. The highest BCUT2D eigenvalue weighted by atomic mass is 35.5. The molecule has 0 spiro atoms. The molecule has 29 heavy (non-hydrogen) atoms. The Balaban J connectivity index is 1.97. The van der Waals surface area contributed by atoms with E-state index in [1.54, 1.807) is 30.8 Å². The molecule has 0 aliphatic rings. The molecule has 0 bridgehead atoms. The van der Waals surface area contributed by atoms with Crippen molar-refractivity contribution in [3.8, 4) is 5.75 Å². The van der Waals surface area contributed by atoms with Gasteiger partial charge in [-0.25, -0.2) is 8.42 Å². The molecule has 0 aliphatic carbocycles. The summed E-state index contributed by atoms with van der Waals surface area (Å²) < 4.78 is 30.8. The highest BCUT2D eigenvalue weighted by Gasteiger charge is 2.29. The second-order valence-electron chi connectivity index (χ2n) is 6.38. The largest absolute Gasteiger partial charge is 0.495 e. The van der Waals surface area contributed by atoms with Crippen molar-refractivity contribution < 1.29 is 17.9 Å². The smallest absolute Gasteiger partial charge is 0.243 e. The molecule has 158 valence electrons. The maximum atomic E-state index is 12.6. The monoisotopic (exact) mass is 456 g/mol. The van der Waals surface area contributed by atoms with Crippen molar-refractivity contribution in [3.63, 3.8) is 0 Å². The van der Waals surface area contributed by atoms with Crippen molar-refractivity contribution in [2.45, 2.75) is 18.7 Å². The molecule has 1 atom stereocenters. The number of carbonyl (C=O) groups is 1. The van der Waals surface area contributed by atoms with Gasteiger partial charge in [0, 0.05) is 18.1 Å². The minimum absolute atomic E-state index is 0.267. The number of hydrogen-bond acceptors (Lipinski definition) is 5. The summed E-state index contributed by atoms with van der Waals surface area (Å²) in [7, 11) is -2.23. The van der Waals surface area contributed by atoms with Crippen LogP contribution in [0.3, 0.4) is 0 Å². The zero-order valence-corrected chi connectivity index (χ0v) is 19.0. The van der Waals surface area contributed by atoms with Gasteiger partial charge >= 0.3 is 0 Å². The molecule has 2 aromatic carbocycles. The number of carbonyl (C=O) groups excluding carboxylic acids is 1. The van der Waals surface area contributed by atoms with Crippen LogP contribution in [0.1, 0.15) is 12.5 Å². The number of amides is 1. The van der Waals surface area contributed by atoms with E-state index in [2.05, 4.69) is 17.4 Å². The molecule has 0 unspecified atom stereocenters. The number of halogens is 1. The van der Waals surface area contributed by atoms with Crippen LogP contribution < -0.4 is 14.4 Å². The van der Waals surface area contributed by atoms with Gasteiger partial charge in [0.1, 0.15) is 11.8 Å². The van der Waals surface area contributed by atoms with Crippen LogP contribution in [-0.4, -0.2) is 46.0 Å². The Kier molecular flexibility index (Phi) is 8.67. The van der Waals surface area contributed by atoms with Crippen molar-refractivity contribution in [1.82, 2.24) is 5.32 Å². The second kappa shape index (κ2) is 10.8. The Morgan fingerprint density at radius 2 is 1.93 bits per heavy atom. The van der Waals surface area contributed by atoms with Gasteiger partial charge in [0.2, 0.25) is 15.9 Å². The van der Waals surface area contributed by atoms with Gasteiger partial charge < -0.3 is 10.1 Å². The minimum atomic E-state index is -3.70. The van der Waals surface area contributed by atoms with E-state index in [9.17, 15) is 13.2 Å². The molecule has 0 fully saturated rings. The summed E-state index contributed by atoms with van der Waals surface area (Å²) in [5, 5.41) is 3.07. The van der Waals surface area contributed by atoms with E-state index < -0.39 is 16.1 Å². The maximum Gasteiger partial charge on any atom is 0.243 e. The van der Waals surface area contributed by atoms with Crippen LogP contribution in [-0.2, 0) is 20.6 Å². The lowest BCUT2D eigenvalue weighted by molar-refractivity contribution is -0.121. The Labute approximate surface area is 181 Å². The highest BCUT2D eigenvalue weighted by molar-refractivity contribution is 7.98. The number of nitrogens with zero attached hydrogens (tertiary/aromatic N) is 1. The summed E-state index contributed by atoms with van der Waals surface area (Å²) >= 11 is 7.83. The number of sulfonamides is 1. The molecule has 1 N–H and O–H groups in total.